The molecule has 0 unspecified atom stereocenters. The molecule has 0 atom stereocenters. The van der Waals surface area contributed by atoms with Gasteiger partial charge in [0.25, 0.3) is 5.91 Å². The summed E-state index contributed by atoms with van der Waals surface area (Å²) in [5.41, 5.74) is 2.15. The summed E-state index contributed by atoms with van der Waals surface area (Å²) in [6.45, 7) is 2.71. The lowest BCUT2D eigenvalue weighted by Crippen LogP contribution is -2.21. The molecule has 138 valence electrons. The Bertz CT molecular complexity index is 1040. The second-order valence-electron chi connectivity index (χ2n) is 5.95. The zero-order valence-corrected chi connectivity index (χ0v) is 15.4. The molecule has 7 heteroatoms. The lowest BCUT2D eigenvalue weighted by molar-refractivity contribution is -0.119. The van der Waals surface area contributed by atoms with Crippen LogP contribution < -0.4 is 5.32 Å². The molecule has 3 rings (SSSR count). The topological polar surface area (TPSA) is 85.6 Å². The minimum Gasteiger partial charge on any atom is -0.450 e. The van der Waals surface area contributed by atoms with E-state index >= 15 is 0 Å². The van der Waals surface area contributed by atoms with E-state index in [1.165, 1.54) is 6.92 Å². The van der Waals surface area contributed by atoms with Gasteiger partial charge in [-0.15, -0.1) is 0 Å². The first-order chi connectivity index (χ1) is 12.8. The minimum atomic E-state index is -0.734. The molecule has 2 aromatic carbocycles. The van der Waals surface area contributed by atoms with Crippen molar-refractivity contribution in [2.45, 2.75) is 13.8 Å². The van der Waals surface area contributed by atoms with Gasteiger partial charge in [0, 0.05) is 27.2 Å². The molecule has 6 nitrogen and oxygen atoms in total. The molecule has 0 spiro atoms. The standard InChI is InChI=1S/C20H16ClNO5/c1-11-16-9-14(21)5-8-17(16)27-19(11)20(25)26-10-18(24)22-15-6-3-13(4-7-15)12(2)23/h3-9H,10H2,1-2H3,(H,22,24). The van der Waals surface area contributed by atoms with Crippen molar-refractivity contribution in [1.82, 2.24) is 0 Å². The van der Waals surface area contributed by atoms with Crippen LogP contribution in [0.2, 0.25) is 5.02 Å². The second-order valence-corrected chi connectivity index (χ2v) is 6.39. The molecule has 1 aromatic heterocycles. The normalized spacial score (nSPS) is 10.6. The molecule has 27 heavy (non-hydrogen) atoms. The fourth-order valence-electron chi connectivity index (χ4n) is 2.57. The maximum absolute atomic E-state index is 12.2. The number of halogens is 1. The van der Waals surface area contributed by atoms with Crippen LogP contribution in [0.25, 0.3) is 11.0 Å². The molecule has 0 bridgehead atoms. The lowest BCUT2D eigenvalue weighted by Gasteiger charge is -2.06. The van der Waals surface area contributed by atoms with E-state index in [-0.39, 0.29) is 11.5 Å². The number of aryl methyl sites for hydroxylation is 1. The van der Waals surface area contributed by atoms with Crippen LogP contribution in [-0.4, -0.2) is 24.3 Å². The molecule has 0 saturated carbocycles. The second kappa shape index (κ2) is 7.63. The van der Waals surface area contributed by atoms with Crippen molar-refractivity contribution >= 4 is 45.9 Å². The molecule has 0 saturated heterocycles. The van der Waals surface area contributed by atoms with E-state index < -0.39 is 18.5 Å². The number of ether oxygens (including phenoxy) is 1. The van der Waals surface area contributed by atoms with Crippen molar-refractivity contribution in [1.29, 1.82) is 0 Å². The fourth-order valence-corrected chi connectivity index (χ4v) is 2.74. The van der Waals surface area contributed by atoms with Crippen LogP contribution in [0.4, 0.5) is 5.69 Å². The van der Waals surface area contributed by atoms with Crippen LogP contribution in [0, 0.1) is 6.92 Å². The number of fused-ring (bicyclic) bond motifs is 1. The highest BCUT2D eigenvalue weighted by atomic mass is 35.5. The monoisotopic (exact) mass is 385 g/mol. The Morgan fingerprint density at radius 2 is 1.81 bits per heavy atom. The zero-order chi connectivity index (χ0) is 19.6. The van der Waals surface area contributed by atoms with Crippen molar-refractivity contribution in [3.05, 3.63) is 64.4 Å². The third kappa shape index (κ3) is 4.17. The number of hydrogen-bond acceptors (Lipinski definition) is 5. The average molecular weight is 386 g/mol. The van der Waals surface area contributed by atoms with Gasteiger partial charge in [0.05, 0.1) is 0 Å². The summed E-state index contributed by atoms with van der Waals surface area (Å²) in [5.74, 6) is -1.27. The van der Waals surface area contributed by atoms with Gasteiger partial charge in [-0.05, 0) is 56.3 Å². The first kappa shape index (κ1) is 18.7. The Morgan fingerprint density at radius 1 is 1.11 bits per heavy atom. The van der Waals surface area contributed by atoms with E-state index in [9.17, 15) is 14.4 Å². The van der Waals surface area contributed by atoms with Crippen LogP contribution in [0.5, 0.6) is 0 Å². The number of Topliss-reactive ketones (excluding diaryl/α,β-unsaturated/α-hetero) is 1. The highest BCUT2D eigenvalue weighted by Gasteiger charge is 2.20. The maximum atomic E-state index is 12.2. The summed E-state index contributed by atoms with van der Waals surface area (Å²) in [4.78, 5) is 35.4. The van der Waals surface area contributed by atoms with Crippen molar-refractivity contribution in [3.8, 4) is 0 Å². The Labute approximate surface area is 160 Å². The summed E-state index contributed by atoms with van der Waals surface area (Å²) in [6.07, 6.45) is 0. The van der Waals surface area contributed by atoms with Crippen molar-refractivity contribution in [3.63, 3.8) is 0 Å². The van der Waals surface area contributed by atoms with Crippen LogP contribution in [0.15, 0.2) is 46.9 Å². The SMILES string of the molecule is CC(=O)c1ccc(NC(=O)COC(=O)c2oc3ccc(Cl)cc3c2C)cc1. The Balaban J connectivity index is 1.62. The molecular weight excluding hydrogens is 370 g/mol. The van der Waals surface area contributed by atoms with Crippen LogP contribution in [0.1, 0.15) is 33.4 Å². The molecule has 1 N–H and O–H groups in total. The van der Waals surface area contributed by atoms with Gasteiger partial charge in [0.2, 0.25) is 5.76 Å². The van der Waals surface area contributed by atoms with Gasteiger partial charge in [-0.3, -0.25) is 9.59 Å². The maximum Gasteiger partial charge on any atom is 0.375 e. The predicted molar refractivity (Wildman–Crippen MR) is 101 cm³/mol. The number of benzene rings is 2. The minimum absolute atomic E-state index is 0.0332. The number of rotatable bonds is 5. The van der Waals surface area contributed by atoms with Gasteiger partial charge in [-0.1, -0.05) is 11.6 Å². The zero-order valence-electron chi connectivity index (χ0n) is 14.7. The number of carbonyl (C=O) groups excluding carboxylic acids is 3. The van der Waals surface area contributed by atoms with Gasteiger partial charge >= 0.3 is 5.97 Å². The highest BCUT2D eigenvalue weighted by Crippen LogP contribution is 2.28. The fraction of sp³-hybridized carbons (Fsp3) is 0.150. The summed E-state index contributed by atoms with van der Waals surface area (Å²) >= 11 is 5.96. The molecule has 0 fully saturated rings. The van der Waals surface area contributed by atoms with E-state index in [1.54, 1.807) is 49.4 Å². The first-order valence-corrected chi connectivity index (χ1v) is 8.49. The van der Waals surface area contributed by atoms with Gasteiger partial charge in [0.1, 0.15) is 5.58 Å². The lowest BCUT2D eigenvalue weighted by atomic mass is 10.1. The number of carbonyl (C=O) groups is 3. The highest BCUT2D eigenvalue weighted by molar-refractivity contribution is 6.31. The Morgan fingerprint density at radius 3 is 2.48 bits per heavy atom. The molecule has 1 heterocycles. The predicted octanol–water partition coefficient (Wildman–Crippen LogP) is 4.39. The van der Waals surface area contributed by atoms with E-state index in [0.29, 0.717) is 32.8 Å². The van der Waals surface area contributed by atoms with E-state index in [2.05, 4.69) is 5.32 Å². The van der Waals surface area contributed by atoms with Gasteiger partial charge in [-0.2, -0.15) is 0 Å². The van der Waals surface area contributed by atoms with Gasteiger partial charge in [0.15, 0.2) is 12.4 Å². The van der Waals surface area contributed by atoms with Crippen LogP contribution in [0.3, 0.4) is 0 Å². The molecule has 1 amide bonds. The number of amides is 1. The number of esters is 1. The van der Waals surface area contributed by atoms with Crippen LogP contribution in [-0.2, 0) is 9.53 Å². The van der Waals surface area contributed by atoms with Crippen molar-refractivity contribution in [2.75, 3.05) is 11.9 Å². The van der Waals surface area contributed by atoms with E-state index in [4.69, 9.17) is 20.8 Å². The average Bonchev–Trinajstić information content (AvgIpc) is 2.96. The third-order valence-electron chi connectivity index (χ3n) is 3.99. The van der Waals surface area contributed by atoms with Gasteiger partial charge in [-0.25, -0.2) is 4.79 Å². The molecule has 0 radical (unpaired) electrons. The Hall–Kier alpha value is -3.12. The number of furan rings is 1. The quantitative estimate of drug-likeness (QED) is 0.520. The number of hydrogen-bond donors (Lipinski definition) is 1. The van der Waals surface area contributed by atoms with Gasteiger partial charge < -0.3 is 14.5 Å². The molecule has 3 aromatic rings. The van der Waals surface area contributed by atoms with Crippen molar-refractivity contribution < 1.29 is 23.5 Å². The van der Waals surface area contributed by atoms with Crippen LogP contribution >= 0.6 is 11.6 Å². The molecule has 0 aliphatic carbocycles. The van der Waals surface area contributed by atoms with E-state index in [1.807, 2.05) is 0 Å². The summed E-state index contributed by atoms with van der Waals surface area (Å²) < 4.78 is 10.5. The first-order valence-electron chi connectivity index (χ1n) is 8.12. The molecule has 0 aliphatic rings. The summed E-state index contributed by atoms with van der Waals surface area (Å²) in [6, 6.07) is 11.4. The summed E-state index contributed by atoms with van der Waals surface area (Å²) in [7, 11) is 0. The third-order valence-corrected chi connectivity index (χ3v) is 4.23. The number of anilines is 1. The number of ketones is 1. The smallest absolute Gasteiger partial charge is 0.375 e. The Kier molecular flexibility index (Phi) is 5.28. The number of nitrogens with one attached hydrogen (secondary N) is 1. The van der Waals surface area contributed by atoms with Crippen molar-refractivity contribution in [2.24, 2.45) is 0 Å². The largest absolute Gasteiger partial charge is 0.450 e. The van der Waals surface area contributed by atoms with E-state index in [0.717, 1.165) is 0 Å². The molecule has 0 aliphatic heterocycles. The summed E-state index contributed by atoms with van der Waals surface area (Å²) in [5, 5.41) is 3.83. The molecular formula is C20H16ClNO5.